The molecule has 2 unspecified atom stereocenters. The number of nitriles is 1. The maximum absolute atomic E-state index is 13.4. The highest BCUT2D eigenvalue weighted by Crippen LogP contribution is 2.37. The molecule has 0 heterocycles. The number of amides is 3. The molecule has 3 amide bonds. The van der Waals surface area contributed by atoms with Crippen LogP contribution in [0.2, 0.25) is 0 Å². The topological polar surface area (TPSA) is 178 Å². The van der Waals surface area contributed by atoms with Crippen LogP contribution in [0.15, 0.2) is 48.5 Å². The van der Waals surface area contributed by atoms with Crippen LogP contribution in [0, 0.1) is 23.2 Å². The van der Waals surface area contributed by atoms with Gasteiger partial charge in [0.1, 0.15) is 17.8 Å². The third kappa shape index (κ3) is 11.3. The van der Waals surface area contributed by atoms with E-state index in [1.807, 2.05) is 33.8 Å². The summed E-state index contributed by atoms with van der Waals surface area (Å²) < 4.78 is 15.6. The number of phosphoric acid groups is 1. The molecule has 0 fully saturated rings. The van der Waals surface area contributed by atoms with Crippen molar-refractivity contribution >= 4 is 25.5 Å². The molecule has 0 bridgehead atoms. The van der Waals surface area contributed by atoms with Gasteiger partial charge in [0.2, 0.25) is 11.8 Å². The summed E-state index contributed by atoms with van der Waals surface area (Å²) in [6.45, 7) is 8.23. The van der Waals surface area contributed by atoms with Crippen molar-refractivity contribution in [2.45, 2.75) is 52.6 Å². The van der Waals surface area contributed by atoms with Crippen molar-refractivity contribution in [1.29, 1.82) is 5.26 Å². The number of carbonyl (C=O) groups is 3. The molecule has 2 atom stereocenters. The Balaban J connectivity index is 2.28. The molecule has 0 aliphatic heterocycles. The minimum Gasteiger partial charge on any atom is -0.404 e. The molecule has 39 heavy (non-hydrogen) atoms. The zero-order valence-corrected chi connectivity index (χ0v) is 23.3. The number of phosphoric ester groups is 1. The van der Waals surface area contributed by atoms with Crippen molar-refractivity contribution in [3.05, 3.63) is 65.2 Å². The molecular weight excluding hydrogens is 523 g/mol. The van der Waals surface area contributed by atoms with Crippen LogP contribution in [0.5, 0.6) is 5.75 Å². The van der Waals surface area contributed by atoms with Crippen LogP contribution in [0.4, 0.5) is 0 Å². The highest BCUT2D eigenvalue weighted by molar-refractivity contribution is 7.46. The van der Waals surface area contributed by atoms with Gasteiger partial charge in [0, 0.05) is 18.5 Å². The Labute approximate surface area is 228 Å². The van der Waals surface area contributed by atoms with Crippen LogP contribution in [-0.4, -0.2) is 46.1 Å². The van der Waals surface area contributed by atoms with Crippen LogP contribution < -0.4 is 20.5 Å². The van der Waals surface area contributed by atoms with Gasteiger partial charge in [-0.2, -0.15) is 5.26 Å². The Kier molecular flexibility index (Phi) is 11.7. The van der Waals surface area contributed by atoms with E-state index in [9.17, 15) is 18.9 Å². The van der Waals surface area contributed by atoms with E-state index in [4.69, 9.17) is 15.0 Å². The van der Waals surface area contributed by atoms with Gasteiger partial charge in [-0.1, -0.05) is 39.8 Å². The van der Waals surface area contributed by atoms with Crippen LogP contribution >= 0.6 is 7.82 Å². The van der Waals surface area contributed by atoms with Crippen molar-refractivity contribution in [3.8, 4) is 11.8 Å². The van der Waals surface area contributed by atoms with Gasteiger partial charge in [0.15, 0.2) is 0 Å². The molecule has 11 nitrogen and oxygen atoms in total. The Morgan fingerprint density at radius 2 is 1.51 bits per heavy atom. The largest absolute Gasteiger partial charge is 0.524 e. The summed E-state index contributed by atoms with van der Waals surface area (Å²) >= 11 is 0. The summed E-state index contributed by atoms with van der Waals surface area (Å²) in [6, 6.07) is 11.7. The van der Waals surface area contributed by atoms with Gasteiger partial charge in [-0.05, 0) is 60.2 Å². The van der Waals surface area contributed by atoms with Gasteiger partial charge < -0.3 is 20.5 Å². The first-order valence-corrected chi connectivity index (χ1v) is 14.0. The SMILES string of the molecule is CC(C)CNC(=O)C(CC(C)C)NC(=O)C(Cc1ccc(OP(=O)(O)O)cc1)NC(=O)c1ccc(C#N)cc1. The summed E-state index contributed by atoms with van der Waals surface area (Å²) in [6.07, 6.45) is 0.409. The third-order valence-corrected chi connectivity index (χ3v) is 5.96. The second-order valence-electron chi connectivity index (χ2n) is 9.97. The fraction of sp³-hybridized carbons (Fsp3) is 0.407. The maximum Gasteiger partial charge on any atom is 0.524 e. The lowest BCUT2D eigenvalue weighted by atomic mass is 10.0. The quantitative estimate of drug-likeness (QED) is 0.233. The molecule has 0 saturated heterocycles. The zero-order chi connectivity index (χ0) is 29.2. The number of benzene rings is 2. The summed E-state index contributed by atoms with van der Waals surface area (Å²) in [5.74, 6) is -1.17. The van der Waals surface area contributed by atoms with Gasteiger partial charge in [-0.3, -0.25) is 24.2 Å². The van der Waals surface area contributed by atoms with E-state index in [0.29, 0.717) is 24.1 Å². The highest BCUT2D eigenvalue weighted by atomic mass is 31.2. The number of nitrogens with zero attached hydrogens (tertiary/aromatic N) is 1. The normalized spacial score (nSPS) is 12.8. The average Bonchev–Trinajstić information content (AvgIpc) is 2.86. The molecule has 0 saturated carbocycles. The van der Waals surface area contributed by atoms with Crippen molar-refractivity contribution < 1.29 is 33.3 Å². The smallest absolute Gasteiger partial charge is 0.404 e. The van der Waals surface area contributed by atoms with Gasteiger partial charge in [-0.15, -0.1) is 0 Å². The van der Waals surface area contributed by atoms with Gasteiger partial charge in [-0.25, -0.2) is 4.57 Å². The van der Waals surface area contributed by atoms with Crippen LogP contribution in [0.25, 0.3) is 0 Å². The molecule has 0 spiro atoms. The van der Waals surface area contributed by atoms with Crippen molar-refractivity contribution in [1.82, 2.24) is 16.0 Å². The lowest BCUT2D eigenvalue weighted by Crippen LogP contribution is -2.55. The van der Waals surface area contributed by atoms with E-state index < -0.39 is 31.7 Å². The van der Waals surface area contributed by atoms with Gasteiger partial charge >= 0.3 is 7.82 Å². The molecule has 210 valence electrons. The summed E-state index contributed by atoms with van der Waals surface area (Å²) in [7, 11) is -4.73. The monoisotopic (exact) mass is 558 g/mol. The molecular formula is C27H35N4O7P. The number of hydrogen-bond acceptors (Lipinski definition) is 6. The lowest BCUT2D eigenvalue weighted by molar-refractivity contribution is -0.130. The van der Waals surface area contributed by atoms with Gasteiger partial charge in [0.05, 0.1) is 11.6 Å². The number of hydrogen-bond donors (Lipinski definition) is 5. The second kappa shape index (κ2) is 14.4. The Hall–Kier alpha value is -3.71. The Morgan fingerprint density at radius 3 is 2.03 bits per heavy atom. The average molecular weight is 559 g/mol. The highest BCUT2D eigenvalue weighted by Gasteiger charge is 2.28. The summed E-state index contributed by atoms with van der Waals surface area (Å²) in [5, 5.41) is 17.3. The second-order valence-corrected chi connectivity index (χ2v) is 11.1. The zero-order valence-electron chi connectivity index (χ0n) is 22.4. The first-order chi connectivity index (χ1) is 18.3. The molecule has 5 N–H and O–H groups in total. The lowest BCUT2D eigenvalue weighted by Gasteiger charge is -2.25. The molecule has 0 aliphatic rings. The molecule has 2 aromatic carbocycles. The fourth-order valence-electron chi connectivity index (χ4n) is 3.61. The number of rotatable bonds is 13. The molecule has 2 rings (SSSR count). The van der Waals surface area contributed by atoms with E-state index in [1.165, 1.54) is 48.5 Å². The Bertz CT molecular complexity index is 1220. The van der Waals surface area contributed by atoms with Crippen molar-refractivity contribution in [2.75, 3.05) is 6.54 Å². The van der Waals surface area contributed by atoms with E-state index in [0.717, 1.165) is 0 Å². The molecule has 0 radical (unpaired) electrons. The minimum absolute atomic E-state index is 0.0199. The van der Waals surface area contributed by atoms with Crippen LogP contribution in [0.3, 0.4) is 0 Å². The van der Waals surface area contributed by atoms with E-state index in [2.05, 4.69) is 20.5 Å². The minimum atomic E-state index is -4.73. The predicted octanol–water partition coefficient (Wildman–Crippen LogP) is 2.67. The molecule has 12 heteroatoms. The number of nitrogens with one attached hydrogen (secondary N) is 3. The first kappa shape index (κ1) is 31.5. The van der Waals surface area contributed by atoms with E-state index in [1.54, 1.807) is 0 Å². The standard InChI is InChI=1S/C27H35N4O7P/c1-17(2)13-23(26(33)29-16-18(3)4)31-27(34)24(30-25(32)21-9-5-20(15-28)6-10-21)14-19-7-11-22(12-8-19)38-39(35,36)37/h5-12,17-18,23-24H,13-14,16H2,1-4H3,(H,29,33)(H,30,32)(H,31,34)(H2,35,36,37). The summed E-state index contributed by atoms with van der Waals surface area (Å²) in [5.41, 5.74) is 1.19. The number of carbonyl (C=O) groups excluding carboxylic acids is 3. The molecule has 0 aliphatic carbocycles. The summed E-state index contributed by atoms with van der Waals surface area (Å²) in [4.78, 5) is 57.2. The van der Waals surface area contributed by atoms with Crippen molar-refractivity contribution in [2.24, 2.45) is 11.8 Å². The predicted molar refractivity (Wildman–Crippen MR) is 144 cm³/mol. The molecule has 2 aromatic rings. The Morgan fingerprint density at radius 1 is 0.897 bits per heavy atom. The van der Waals surface area contributed by atoms with Crippen LogP contribution in [0.1, 0.15) is 55.6 Å². The molecule has 0 aromatic heterocycles. The maximum atomic E-state index is 13.4. The van der Waals surface area contributed by atoms with Gasteiger partial charge in [0.25, 0.3) is 5.91 Å². The first-order valence-electron chi connectivity index (χ1n) is 12.5. The third-order valence-electron chi connectivity index (χ3n) is 5.51. The fourth-order valence-corrected chi connectivity index (χ4v) is 4.01. The van der Waals surface area contributed by atoms with E-state index in [-0.39, 0.29) is 35.5 Å². The van der Waals surface area contributed by atoms with E-state index >= 15 is 0 Å². The van der Waals surface area contributed by atoms with Crippen molar-refractivity contribution in [3.63, 3.8) is 0 Å². The van der Waals surface area contributed by atoms with Crippen LogP contribution in [-0.2, 0) is 20.6 Å².